The number of nitrogens with zero attached hydrogens (tertiary/aromatic N) is 1. The van der Waals surface area contributed by atoms with Gasteiger partial charge >= 0.3 is 0 Å². The van der Waals surface area contributed by atoms with E-state index in [2.05, 4.69) is 12.2 Å². The Morgan fingerprint density at radius 1 is 1.17 bits per heavy atom. The SMILES string of the molecule is CCCCC(=O)Nc1ccc2c(c1)N(CCCOc1ccccc1)C(=O)C(C)O2. The van der Waals surface area contributed by atoms with Gasteiger partial charge in [0.15, 0.2) is 6.10 Å². The number of carbonyl (C=O) groups excluding carboxylic acids is 2. The van der Waals surface area contributed by atoms with Crippen LogP contribution in [0.1, 0.15) is 39.5 Å². The van der Waals surface area contributed by atoms with E-state index in [4.69, 9.17) is 9.47 Å². The van der Waals surface area contributed by atoms with Crippen molar-refractivity contribution >= 4 is 23.2 Å². The van der Waals surface area contributed by atoms with Crippen molar-refractivity contribution in [1.29, 1.82) is 0 Å². The van der Waals surface area contributed by atoms with E-state index in [9.17, 15) is 9.59 Å². The van der Waals surface area contributed by atoms with E-state index >= 15 is 0 Å². The number of para-hydroxylation sites is 1. The molecule has 2 aromatic carbocycles. The minimum atomic E-state index is -0.539. The highest BCUT2D eigenvalue weighted by Crippen LogP contribution is 2.36. The number of fused-ring (bicyclic) bond motifs is 1. The molecular weight excluding hydrogens is 368 g/mol. The standard InChI is InChI=1S/C23H28N2O4/c1-3-4-11-22(26)24-18-12-13-21-20(16-18)25(23(27)17(2)29-21)14-8-15-28-19-9-6-5-7-10-19/h5-7,9-10,12-13,16-17H,3-4,8,11,14-15H2,1-2H3,(H,24,26). The van der Waals surface area contributed by atoms with Gasteiger partial charge in [0, 0.05) is 18.7 Å². The highest BCUT2D eigenvalue weighted by molar-refractivity contribution is 6.01. The number of nitrogens with one attached hydrogen (secondary N) is 1. The fourth-order valence-electron chi connectivity index (χ4n) is 3.21. The Hall–Kier alpha value is -3.02. The molecule has 2 aromatic rings. The topological polar surface area (TPSA) is 67.9 Å². The summed E-state index contributed by atoms with van der Waals surface area (Å²) in [6.07, 6.45) is 2.45. The van der Waals surface area contributed by atoms with E-state index in [1.54, 1.807) is 24.0 Å². The monoisotopic (exact) mass is 396 g/mol. The smallest absolute Gasteiger partial charge is 0.267 e. The Morgan fingerprint density at radius 2 is 1.97 bits per heavy atom. The molecule has 0 saturated heterocycles. The third-order valence-electron chi connectivity index (χ3n) is 4.75. The van der Waals surface area contributed by atoms with Crippen LogP contribution in [0.4, 0.5) is 11.4 Å². The molecule has 0 radical (unpaired) electrons. The van der Waals surface area contributed by atoms with E-state index in [1.165, 1.54) is 0 Å². The van der Waals surface area contributed by atoms with Crippen LogP contribution in [0.5, 0.6) is 11.5 Å². The van der Waals surface area contributed by atoms with Crippen molar-refractivity contribution in [2.75, 3.05) is 23.4 Å². The van der Waals surface area contributed by atoms with Crippen LogP contribution in [0.2, 0.25) is 0 Å². The Bertz CT molecular complexity index is 838. The molecule has 1 N–H and O–H groups in total. The van der Waals surface area contributed by atoms with Crippen LogP contribution in [0, 0.1) is 0 Å². The van der Waals surface area contributed by atoms with E-state index in [0.29, 0.717) is 43.1 Å². The zero-order valence-corrected chi connectivity index (χ0v) is 17.0. The number of rotatable bonds is 9. The summed E-state index contributed by atoms with van der Waals surface area (Å²) < 4.78 is 11.5. The zero-order chi connectivity index (χ0) is 20.6. The van der Waals surface area contributed by atoms with Crippen LogP contribution < -0.4 is 19.7 Å². The molecular formula is C23H28N2O4. The molecule has 0 bridgehead atoms. The highest BCUT2D eigenvalue weighted by Gasteiger charge is 2.31. The Balaban J connectivity index is 1.66. The molecule has 0 aromatic heterocycles. The van der Waals surface area contributed by atoms with Gasteiger partial charge < -0.3 is 19.7 Å². The first-order valence-electron chi connectivity index (χ1n) is 10.2. The minimum Gasteiger partial charge on any atom is -0.494 e. The maximum absolute atomic E-state index is 12.7. The molecule has 1 unspecified atom stereocenters. The van der Waals surface area contributed by atoms with E-state index < -0.39 is 6.10 Å². The van der Waals surface area contributed by atoms with E-state index in [0.717, 1.165) is 18.6 Å². The van der Waals surface area contributed by atoms with Gasteiger partial charge in [-0.05, 0) is 50.1 Å². The summed E-state index contributed by atoms with van der Waals surface area (Å²) in [5, 5.41) is 2.91. The first-order valence-corrected chi connectivity index (χ1v) is 10.2. The zero-order valence-electron chi connectivity index (χ0n) is 17.0. The van der Waals surface area contributed by atoms with Gasteiger partial charge in [0.25, 0.3) is 5.91 Å². The molecule has 1 aliphatic rings. The first kappa shape index (κ1) is 20.7. The van der Waals surface area contributed by atoms with Crippen LogP contribution in [-0.2, 0) is 9.59 Å². The highest BCUT2D eigenvalue weighted by atomic mass is 16.5. The second kappa shape index (κ2) is 9.96. The second-order valence-electron chi connectivity index (χ2n) is 7.10. The maximum atomic E-state index is 12.7. The number of ether oxygens (including phenoxy) is 2. The van der Waals surface area contributed by atoms with Crippen LogP contribution in [0.3, 0.4) is 0 Å². The molecule has 1 heterocycles. The van der Waals surface area contributed by atoms with Crippen molar-refractivity contribution in [3.05, 3.63) is 48.5 Å². The van der Waals surface area contributed by atoms with Crippen LogP contribution in [0.15, 0.2) is 48.5 Å². The van der Waals surface area contributed by atoms with Crippen LogP contribution in [-0.4, -0.2) is 31.1 Å². The van der Waals surface area contributed by atoms with Crippen molar-refractivity contribution < 1.29 is 19.1 Å². The van der Waals surface area contributed by atoms with Gasteiger partial charge in [-0.1, -0.05) is 31.5 Å². The van der Waals surface area contributed by atoms with Crippen molar-refractivity contribution in [2.24, 2.45) is 0 Å². The van der Waals surface area contributed by atoms with Crippen molar-refractivity contribution in [1.82, 2.24) is 0 Å². The average molecular weight is 396 g/mol. The van der Waals surface area contributed by atoms with Gasteiger partial charge in [-0.3, -0.25) is 9.59 Å². The minimum absolute atomic E-state index is 0.0222. The largest absolute Gasteiger partial charge is 0.494 e. The number of hydrogen-bond donors (Lipinski definition) is 1. The predicted octanol–water partition coefficient (Wildman–Crippen LogP) is 4.40. The molecule has 6 heteroatoms. The third kappa shape index (κ3) is 5.50. The quantitative estimate of drug-likeness (QED) is 0.638. The Labute approximate surface area is 171 Å². The van der Waals surface area contributed by atoms with E-state index in [1.807, 2.05) is 36.4 Å². The fraction of sp³-hybridized carbons (Fsp3) is 0.391. The molecule has 29 heavy (non-hydrogen) atoms. The van der Waals surface area contributed by atoms with E-state index in [-0.39, 0.29) is 11.8 Å². The number of anilines is 2. The van der Waals surface area contributed by atoms with Gasteiger partial charge in [0.05, 0.1) is 12.3 Å². The fourth-order valence-corrected chi connectivity index (χ4v) is 3.21. The van der Waals surface area contributed by atoms with Gasteiger partial charge in [-0.15, -0.1) is 0 Å². The number of hydrogen-bond acceptors (Lipinski definition) is 4. The Morgan fingerprint density at radius 3 is 2.72 bits per heavy atom. The summed E-state index contributed by atoms with van der Waals surface area (Å²) >= 11 is 0. The Kier molecular flexibility index (Phi) is 7.11. The van der Waals surface area contributed by atoms with Crippen molar-refractivity contribution in [3.63, 3.8) is 0 Å². The summed E-state index contributed by atoms with van der Waals surface area (Å²) in [5.74, 6) is 1.34. The lowest BCUT2D eigenvalue weighted by molar-refractivity contribution is -0.125. The van der Waals surface area contributed by atoms with Gasteiger partial charge in [0.1, 0.15) is 11.5 Å². The van der Waals surface area contributed by atoms with Crippen LogP contribution >= 0.6 is 0 Å². The molecule has 0 fully saturated rings. The van der Waals surface area contributed by atoms with Gasteiger partial charge in [-0.2, -0.15) is 0 Å². The molecule has 6 nitrogen and oxygen atoms in total. The second-order valence-corrected chi connectivity index (χ2v) is 7.10. The lowest BCUT2D eigenvalue weighted by Gasteiger charge is -2.33. The lowest BCUT2D eigenvalue weighted by Crippen LogP contribution is -2.45. The molecule has 0 spiro atoms. The summed E-state index contributed by atoms with van der Waals surface area (Å²) in [7, 11) is 0. The molecule has 1 atom stereocenters. The molecule has 0 aliphatic carbocycles. The summed E-state index contributed by atoms with van der Waals surface area (Å²) in [6.45, 7) is 4.82. The van der Waals surface area contributed by atoms with Crippen molar-refractivity contribution in [3.8, 4) is 11.5 Å². The predicted molar refractivity (Wildman–Crippen MR) is 114 cm³/mol. The first-order chi connectivity index (χ1) is 14.1. The molecule has 0 saturated carbocycles. The number of unbranched alkanes of at least 4 members (excludes halogenated alkanes) is 1. The van der Waals surface area contributed by atoms with Gasteiger partial charge in [-0.25, -0.2) is 0 Å². The van der Waals surface area contributed by atoms with Crippen molar-refractivity contribution in [2.45, 2.75) is 45.6 Å². The third-order valence-corrected chi connectivity index (χ3v) is 4.75. The maximum Gasteiger partial charge on any atom is 0.267 e. The van der Waals surface area contributed by atoms with Crippen LogP contribution in [0.25, 0.3) is 0 Å². The molecule has 154 valence electrons. The molecule has 1 aliphatic heterocycles. The lowest BCUT2D eigenvalue weighted by atomic mass is 10.1. The number of benzene rings is 2. The summed E-state index contributed by atoms with van der Waals surface area (Å²) in [4.78, 5) is 26.5. The number of carbonyl (C=O) groups is 2. The normalized spacial score (nSPS) is 15.4. The van der Waals surface area contributed by atoms with Gasteiger partial charge in [0.2, 0.25) is 5.91 Å². The summed E-state index contributed by atoms with van der Waals surface area (Å²) in [6, 6.07) is 15.0. The summed E-state index contributed by atoms with van der Waals surface area (Å²) in [5.41, 5.74) is 1.35. The molecule has 3 rings (SSSR count). The number of amides is 2. The average Bonchev–Trinajstić information content (AvgIpc) is 2.73. The molecule has 2 amide bonds.